The summed E-state index contributed by atoms with van der Waals surface area (Å²) in [5, 5.41) is 45.0. The van der Waals surface area contributed by atoms with Gasteiger partial charge in [0.05, 0.1) is 13.2 Å². The number of hydrogen-bond donors (Lipinski definition) is 5. The van der Waals surface area contributed by atoms with E-state index in [9.17, 15) is 5.11 Å². The number of aliphatic hydroxyl groups is 5. The Hall–Kier alpha value is -0.240. The zero-order valence-corrected chi connectivity index (χ0v) is 6.29. The third-order valence-corrected chi connectivity index (χ3v) is 1.91. The van der Waals surface area contributed by atoms with Crippen molar-refractivity contribution >= 4 is 0 Å². The molecule has 1 aliphatic heterocycles. The number of hydrogen-bond acceptors (Lipinski definition) is 6. The van der Waals surface area contributed by atoms with Gasteiger partial charge in [0, 0.05) is 0 Å². The maximum Gasteiger partial charge on any atom is 0.218 e. The highest BCUT2D eigenvalue weighted by Gasteiger charge is 2.47. The van der Waals surface area contributed by atoms with E-state index in [0.29, 0.717) is 0 Å². The topological polar surface area (TPSA) is 110 Å². The molecule has 0 saturated carbocycles. The first-order chi connectivity index (χ1) is 5.51. The fraction of sp³-hybridized carbons (Fsp3) is 1.00. The molecule has 0 aromatic carbocycles. The standard InChI is InChI=1S/C6H12O6/c7-2-6(11)5(10)4(9)3(8)1-12-6/h3-5,7-11H,1-2H2/t3-,4-,5?,6-/m0/s1. The molecule has 0 amide bonds. The minimum Gasteiger partial charge on any atom is -0.391 e. The van der Waals surface area contributed by atoms with Gasteiger partial charge in [-0.3, -0.25) is 0 Å². The Bertz CT molecular complexity index is 162. The van der Waals surface area contributed by atoms with Crippen molar-refractivity contribution in [2.45, 2.75) is 24.1 Å². The highest BCUT2D eigenvalue weighted by molar-refractivity contribution is 4.90. The maximum atomic E-state index is 9.24. The van der Waals surface area contributed by atoms with E-state index in [1.165, 1.54) is 0 Å². The second kappa shape index (κ2) is 3.25. The molecule has 0 radical (unpaired) electrons. The van der Waals surface area contributed by atoms with Gasteiger partial charge >= 0.3 is 0 Å². The lowest BCUT2D eigenvalue weighted by atomic mass is 9.98. The van der Waals surface area contributed by atoms with Gasteiger partial charge in [0.1, 0.15) is 18.3 Å². The first-order valence-electron chi connectivity index (χ1n) is 3.52. The molecule has 6 heteroatoms. The van der Waals surface area contributed by atoms with Crippen molar-refractivity contribution in [2.24, 2.45) is 0 Å². The lowest BCUT2D eigenvalue weighted by molar-refractivity contribution is -0.331. The van der Waals surface area contributed by atoms with Gasteiger partial charge in [-0.15, -0.1) is 0 Å². The summed E-state index contributed by atoms with van der Waals surface area (Å²) in [6, 6.07) is 0. The first-order valence-corrected chi connectivity index (χ1v) is 3.52. The summed E-state index contributed by atoms with van der Waals surface area (Å²) < 4.78 is 4.56. The van der Waals surface area contributed by atoms with E-state index in [1.54, 1.807) is 0 Å². The second-order valence-corrected chi connectivity index (χ2v) is 2.82. The van der Waals surface area contributed by atoms with E-state index in [0.717, 1.165) is 0 Å². The molecule has 1 heterocycles. The van der Waals surface area contributed by atoms with Crippen molar-refractivity contribution in [3.8, 4) is 0 Å². The summed E-state index contributed by atoms with van der Waals surface area (Å²) in [6.45, 7) is -1.16. The molecule has 4 atom stereocenters. The molecule has 0 aromatic heterocycles. The lowest BCUT2D eigenvalue weighted by Crippen LogP contribution is -2.62. The van der Waals surface area contributed by atoms with Gasteiger partial charge in [-0.1, -0.05) is 0 Å². The molecule has 6 nitrogen and oxygen atoms in total. The Labute approximate surface area is 68.6 Å². The fourth-order valence-corrected chi connectivity index (χ4v) is 1.03. The van der Waals surface area contributed by atoms with Crippen molar-refractivity contribution < 1.29 is 30.3 Å². The fourth-order valence-electron chi connectivity index (χ4n) is 1.03. The molecule has 5 N–H and O–H groups in total. The maximum absolute atomic E-state index is 9.24. The molecule has 1 saturated heterocycles. The van der Waals surface area contributed by atoms with Crippen LogP contribution in [-0.4, -0.2) is 62.8 Å². The Morgan fingerprint density at radius 2 is 1.92 bits per heavy atom. The molecular weight excluding hydrogens is 168 g/mol. The van der Waals surface area contributed by atoms with Crippen LogP contribution in [0.25, 0.3) is 0 Å². The third kappa shape index (κ3) is 1.45. The minimum atomic E-state index is -2.17. The molecule has 0 aliphatic carbocycles. The molecule has 0 bridgehead atoms. The zero-order valence-electron chi connectivity index (χ0n) is 6.29. The Balaban J connectivity index is 2.71. The van der Waals surface area contributed by atoms with Gasteiger partial charge < -0.3 is 30.3 Å². The van der Waals surface area contributed by atoms with E-state index in [4.69, 9.17) is 20.4 Å². The van der Waals surface area contributed by atoms with Crippen molar-refractivity contribution in [1.29, 1.82) is 0 Å². The van der Waals surface area contributed by atoms with Gasteiger partial charge in [0.15, 0.2) is 0 Å². The van der Waals surface area contributed by atoms with Gasteiger partial charge in [-0.05, 0) is 0 Å². The summed E-state index contributed by atoms with van der Waals surface area (Å²) in [4.78, 5) is 0. The van der Waals surface area contributed by atoms with Gasteiger partial charge in [-0.2, -0.15) is 0 Å². The molecule has 0 spiro atoms. The summed E-state index contributed by atoms with van der Waals surface area (Å²) in [5.74, 6) is -2.17. The SMILES string of the molecule is OC[C@]1(O)OC[C@H](O)[C@H](O)C1O. The predicted molar refractivity (Wildman–Crippen MR) is 36.0 cm³/mol. The molecular formula is C6H12O6. The molecule has 1 unspecified atom stereocenters. The largest absolute Gasteiger partial charge is 0.391 e. The summed E-state index contributed by atoms with van der Waals surface area (Å²) >= 11 is 0. The number of ether oxygens (including phenoxy) is 1. The number of aliphatic hydroxyl groups excluding tert-OH is 4. The third-order valence-electron chi connectivity index (χ3n) is 1.91. The molecule has 0 aromatic rings. The normalized spacial score (nSPS) is 49.2. The monoisotopic (exact) mass is 180 g/mol. The summed E-state index contributed by atoms with van der Waals surface area (Å²) in [5.41, 5.74) is 0. The predicted octanol–water partition coefficient (Wildman–Crippen LogP) is -3.22. The van der Waals surface area contributed by atoms with Crippen LogP contribution in [0.5, 0.6) is 0 Å². The average Bonchev–Trinajstić information content (AvgIpc) is 2.09. The van der Waals surface area contributed by atoms with Crippen LogP contribution >= 0.6 is 0 Å². The van der Waals surface area contributed by atoms with Crippen LogP contribution in [0.2, 0.25) is 0 Å². The van der Waals surface area contributed by atoms with E-state index in [1.807, 2.05) is 0 Å². The quantitative estimate of drug-likeness (QED) is 0.290. The first kappa shape index (κ1) is 9.85. The highest BCUT2D eigenvalue weighted by atomic mass is 16.7. The van der Waals surface area contributed by atoms with Crippen LogP contribution < -0.4 is 0 Å². The van der Waals surface area contributed by atoms with E-state index in [2.05, 4.69) is 4.74 Å². The van der Waals surface area contributed by atoms with Crippen LogP contribution in [-0.2, 0) is 4.74 Å². The molecule has 12 heavy (non-hydrogen) atoms. The Morgan fingerprint density at radius 3 is 2.42 bits per heavy atom. The summed E-state index contributed by atoms with van der Waals surface area (Å²) in [7, 11) is 0. The smallest absolute Gasteiger partial charge is 0.218 e. The average molecular weight is 180 g/mol. The Morgan fingerprint density at radius 1 is 1.33 bits per heavy atom. The van der Waals surface area contributed by atoms with Crippen molar-refractivity contribution in [2.75, 3.05) is 13.2 Å². The van der Waals surface area contributed by atoms with Gasteiger partial charge in [0.2, 0.25) is 5.79 Å². The van der Waals surface area contributed by atoms with Gasteiger partial charge in [-0.25, -0.2) is 0 Å². The van der Waals surface area contributed by atoms with Crippen molar-refractivity contribution in [3.05, 3.63) is 0 Å². The molecule has 1 fully saturated rings. The number of rotatable bonds is 1. The van der Waals surface area contributed by atoms with Crippen molar-refractivity contribution in [3.63, 3.8) is 0 Å². The van der Waals surface area contributed by atoms with Crippen LogP contribution in [0.1, 0.15) is 0 Å². The van der Waals surface area contributed by atoms with E-state index in [-0.39, 0.29) is 6.61 Å². The van der Waals surface area contributed by atoms with Crippen LogP contribution in [0.15, 0.2) is 0 Å². The second-order valence-electron chi connectivity index (χ2n) is 2.82. The highest BCUT2D eigenvalue weighted by Crippen LogP contribution is 2.22. The minimum absolute atomic E-state index is 0.324. The van der Waals surface area contributed by atoms with E-state index < -0.39 is 30.7 Å². The van der Waals surface area contributed by atoms with Crippen LogP contribution in [0, 0.1) is 0 Å². The van der Waals surface area contributed by atoms with Gasteiger partial charge in [0.25, 0.3) is 0 Å². The molecule has 1 rings (SSSR count). The molecule has 72 valence electrons. The van der Waals surface area contributed by atoms with Crippen LogP contribution in [0.3, 0.4) is 0 Å². The Kier molecular flexibility index (Phi) is 2.67. The lowest BCUT2D eigenvalue weighted by Gasteiger charge is -2.40. The summed E-state index contributed by atoms with van der Waals surface area (Å²) in [6.07, 6.45) is -4.45. The van der Waals surface area contributed by atoms with Crippen molar-refractivity contribution in [1.82, 2.24) is 0 Å². The van der Waals surface area contributed by atoms with E-state index >= 15 is 0 Å². The molecule has 1 aliphatic rings. The van der Waals surface area contributed by atoms with Crippen LogP contribution in [0.4, 0.5) is 0 Å². The zero-order chi connectivity index (χ0) is 9.35.